The van der Waals surface area contributed by atoms with Gasteiger partial charge in [0.05, 0.1) is 12.8 Å². The summed E-state index contributed by atoms with van der Waals surface area (Å²) >= 11 is 0. The quantitative estimate of drug-likeness (QED) is 0.774. The molecule has 0 amide bonds. The van der Waals surface area contributed by atoms with Gasteiger partial charge in [-0.15, -0.1) is 0 Å². The normalized spacial score (nSPS) is 19.9. The van der Waals surface area contributed by atoms with Gasteiger partial charge in [-0.05, 0) is 12.5 Å². The van der Waals surface area contributed by atoms with Crippen LogP contribution in [0.5, 0.6) is 0 Å². The average molecular weight is 205 g/mol. The fraction of sp³-hybridized carbons (Fsp3) is 0.417. The van der Waals surface area contributed by atoms with E-state index in [4.69, 9.17) is 4.84 Å². The van der Waals surface area contributed by atoms with Gasteiger partial charge in [0.2, 0.25) is 0 Å². The third kappa shape index (κ3) is 2.18. The lowest BCUT2D eigenvalue weighted by Gasteiger charge is -2.04. The van der Waals surface area contributed by atoms with Crippen LogP contribution >= 0.6 is 0 Å². The molecule has 1 aliphatic rings. The molecule has 80 valence electrons. The van der Waals surface area contributed by atoms with Crippen LogP contribution in [0.15, 0.2) is 29.4 Å². The number of rotatable bonds is 3. The molecule has 1 atom stereocenters. The first-order valence-corrected chi connectivity index (χ1v) is 5.37. The monoisotopic (exact) mass is 205 g/mol. The molecule has 0 fully saturated rings. The minimum Gasteiger partial charge on any atom is -0.386 e. The van der Waals surface area contributed by atoms with Gasteiger partial charge in [0, 0.05) is 12.0 Å². The van der Waals surface area contributed by atoms with Crippen LogP contribution in [0.4, 0.5) is 0 Å². The van der Waals surface area contributed by atoms with Crippen LogP contribution in [0.1, 0.15) is 17.5 Å². The molecule has 2 rings (SSSR count). The molecule has 15 heavy (non-hydrogen) atoms. The highest BCUT2D eigenvalue weighted by atomic mass is 16.6. The van der Waals surface area contributed by atoms with E-state index >= 15 is 0 Å². The predicted molar refractivity (Wildman–Crippen MR) is 59.9 cm³/mol. The highest BCUT2D eigenvalue weighted by Gasteiger charge is 2.23. The highest BCUT2D eigenvalue weighted by molar-refractivity contribution is 6.02. The van der Waals surface area contributed by atoms with Crippen molar-refractivity contribution >= 4 is 5.71 Å². The van der Waals surface area contributed by atoms with Crippen LogP contribution in [0.3, 0.4) is 0 Å². The number of likely N-dealkylation sites (N-methyl/N-ethyl adjacent to an activating group) is 1. The largest absolute Gasteiger partial charge is 0.386 e. The van der Waals surface area contributed by atoms with Crippen molar-refractivity contribution in [1.82, 2.24) is 0 Å². The fourth-order valence-corrected chi connectivity index (χ4v) is 1.87. The molecule has 1 aromatic carbocycles. The van der Waals surface area contributed by atoms with Gasteiger partial charge < -0.3 is 10.2 Å². The van der Waals surface area contributed by atoms with Crippen LogP contribution < -0.4 is 5.32 Å². The highest BCUT2D eigenvalue weighted by Crippen LogP contribution is 2.18. The molecule has 0 unspecified atom stereocenters. The van der Waals surface area contributed by atoms with E-state index in [0.717, 1.165) is 18.7 Å². The number of nitrogens with zero attached hydrogens (tertiary/aromatic N) is 1. The molecule has 3 nitrogen and oxygen atoms in total. The summed E-state index contributed by atoms with van der Waals surface area (Å²) in [6, 6.07) is 8.31. The van der Waals surface area contributed by atoms with Crippen molar-refractivity contribution in [2.75, 3.05) is 13.6 Å². The Morgan fingerprint density at radius 3 is 3.00 bits per heavy atom. The second-order valence-corrected chi connectivity index (χ2v) is 3.93. The van der Waals surface area contributed by atoms with Gasteiger partial charge in [-0.3, -0.25) is 0 Å². The lowest BCUT2D eigenvalue weighted by Crippen LogP contribution is -2.82. The second kappa shape index (κ2) is 4.45. The lowest BCUT2D eigenvalue weighted by atomic mass is 10.0. The molecular formula is C12H17N2O+. The van der Waals surface area contributed by atoms with Gasteiger partial charge in [0.15, 0.2) is 6.10 Å². The topological polar surface area (TPSA) is 38.2 Å². The van der Waals surface area contributed by atoms with Crippen LogP contribution in [0, 0.1) is 6.92 Å². The molecule has 0 radical (unpaired) electrons. The SMILES string of the molecule is C[NH2+]C[C@@H]1CC(c2ccccc2C)=NO1. The summed E-state index contributed by atoms with van der Waals surface area (Å²) in [5, 5.41) is 6.29. The van der Waals surface area contributed by atoms with Crippen molar-refractivity contribution in [1.29, 1.82) is 0 Å². The maximum atomic E-state index is 5.37. The zero-order valence-corrected chi connectivity index (χ0v) is 9.23. The maximum absolute atomic E-state index is 5.37. The second-order valence-electron chi connectivity index (χ2n) is 3.93. The van der Waals surface area contributed by atoms with Crippen molar-refractivity contribution < 1.29 is 10.2 Å². The number of aryl methyl sites for hydroxylation is 1. The van der Waals surface area contributed by atoms with Crippen LogP contribution in [0.25, 0.3) is 0 Å². The molecular weight excluding hydrogens is 188 g/mol. The summed E-state index contributed by atoms with van der Waals surface area (Å²) in [6.07, 6.45) is 1.17. The van der Waals surface area contributed by atoms with Gasteiger partial charge in [0.1, 0.15) is 6.54 Å². The van der Waals surface area contributed by atoms with E-state index < -0.39 is 0 Å². The Morgan fingerprint density at radius 2 is 2.27 bits per heavy atom. The minimum absolute atomic E-state index is 0.240. The number of oxime groups is 1. The Balaban J connectivity index is 2.11. The van der Waals surface area contributed by atoms with E-state index in [1.54, 1.807) is 0 Å². The minimum atomic E-state index is 0.240. The summed E-state index contributed by atoms with van der Waals surface area (Å²) in [7, 11) is 2.05. The fourth-order valence-electron chi connectivity index (χ4n) is 1.87. The first-order valence-electron chi connectivity index (χ1n) is 5.37. The summed E-state index contributed by atoms with van der Waals surface area (Å²) < 4.78 is 0. The van der Waals surface area contributed by atoms with E-state index in [-0.39, 0.29) is 6.10 Å². The lowest BCUT2D eigenvalue weighted by molar-refractivity contribution is -0.633. The number of hydrogen-bond donors (Lipinski definition) is 1. The van der Waals surface area contributed by atoms with E-state index in [0.29, 0.717) is 0 Å². The summed E-state index contributed by atoms with van der Waals surface area (Å²) in [6.45, 7) is 3.08. The standard InChI is InChI=1S/C12H16N2O/c1-9-5-3-4-6-11(9)12-7-10(8-13-2)15-14-12/h3-6,10,13H,7-8H2,1-2H3/p+1/t10-/m0/s1. The molecule has 0 aliphatic carbocycles. The van der Waals surface area contributed by atoms with E-state index in [1.807, 2.05) is 12.1 Å². The van der Waals surface area contributed by atoms with Crippen molar-refractivity contribution in [2.24, 2.45) is 5.16 Å². The first-order chi connectivity index (χ1) is 7.31. The Hall–Kier alpha value is -1.35. The third-order valence-electron chi connectivity index (χ3n) is 2.69. The Bertz CT molecular complexity index is 374. The molecule has 0 aromatic heterocycles. The van der Waals surface area contributed by atoms with Gasteiger partial charge in [-0.1, -0.05) is 29.4 Å². The molecule has 3 heteroatoms. The average Bonchev–Trinajstić information content (AvgIpc) is 2.68. The molecule has 1 aromatic rings. The smallest absolute Gasteiger partial charge is 0.181 e. The summed E-state index contributed by atoms with van der Waals surface area (Å²) in [5.41, 5.74) is 3.57. The van der Waals surface area contributed by atoms with Crippen molar-refractivity contribution in [3.05, 3.63) is 35.4 Å². The number of nitrogens with two attached hydrogens (primary N) is 1. The Labute approximate surface area is 90.1 Å². The predicted octanol–water partition coefficient (Wildman–Crippen LogP) is 0.681. The van der Waals surface area contributed by atoms with Gasteiger partial charge in [-0.25, -0.2) is 0 Å². The number of benzene rings is 1. The van der Waals surface area contributed by atoms with E-state index in [1.165, 1.54) is 11.1 Å². The number of hydrogen-bond acceptors (Lipinski definition) is 2. The van der Waals surface area contributed by atoms with Crippen LogP contribution in [-0.4, -0.2) is 25.4 Å². The molecule has 2 N–H and O–H groups in total. The maximum Gasteiger partial charge on any atom is 0.181 e. The van der Waals surface area contributed by atoms with Crippen molar-refractivity contribution in [3.8, 4) is 0 Å². The van der Waals surface area contributed by atoms with Crippen molar-refractivity contribution in [2.45, 2.75) is 19.4 Å². The van der Waals surface area contributed by atoms with E-state index in [9.17, 15) is 0 Å². The first kappa shape index (κ1) is 10.2. The van der Waals surface area contributed by atoms with Gasteiger partial charge in [-0.2, -0.15) is 0 Å². The zero-order chi connectivity index (χ0) is 10.7. The third-order valence-corrected chi connectivity index (χ3v) is 2.69. The molecule has 1 aliphatic heterocycles. The van der Waals surface area contributed by atoms with Crippen molar-refractivity contribution in [3.63, 3.8) is 0 Å². The van der Waals surface area contributed by atoms with Crippen LogP contribution in [0.2, 0.25) is 0 Å². The van der Waals surface area contributed by atoms with Gasteiger partial charge >= 0.3 is 0 Å². The molecule has 0 saturated heterocycles. The number of quaternary nitrogens is 1. The Kier molecular flexibility index (Phi) is 3.02. The molecule has 0 spiro atoms. The zero-order valence-electron chi connectivity index (χ0n) is 9.23. The van der Waals surface area contributed by atoms with Gasteiger partial charge in [0.25, 0.3) is 0 Å². The van der Waals surface area contributed by atoms with Crippen LogP contribution in [-0.2, 0) is 4.84 Å². The Morgan fingerprint density at radius 1 is 1.47 bits per heavy atom. The van der Waals surface area contributed by atoms with E-state index in [2.05, 4.69) is 36.6 Å². The molecule has 0 saturated carbocycles. The molecule has 0 bridgehead atoms. The summed E-state index contributed by atoms with van der Waals surface area (Å²) in [4.78, 5) is 5.37. The molecule has 1 heterocycles. The summed E-state index contributed by atoms with van der Waals surface area (Å²) in [5.74, 6) is 0.